The number of fused-ring (bicyclic) bond motifs is 1. The number of anilines is 3. The van der Waals surface area contributed by atoms with Gasteiger partial charge in [-0.2, -0.15) is 0 Å². The van der Waals surface area contributed by atoms with Gasteiger partial charge in [-0.15, -0.1) is 0 Å². The Morgan fingerprint density at radius 2 is 1.68 bits per heavy atom. The van der Waals surface area contributed by atoms with E-state index in [4.69, 9.17) is 4.74 Å². The van der Waals surface area contributed by atoms with Crippen LogP contribution in [0, 0.1) is 0 Å². The number of likely N-dealkylation sites (N-methyl/N-ethyl adjacent to an activating group) is 2. The van der Waals surface area contributed by atoms with Crippen LogP contribution in [0.25, 0.3) is 0 Å². The number of nitrogens with zero attached hydrogens (tertiary/aromatic N) is 2. The van der Waals surface area contributed by atoms with Crippen molar-refractivity contribution in [1.82, 2.24) is 4.90 Å². The molecule has 0 aliphatic carbocycles. The van der Waals surface area contributed by atoms with Gasteiger partial charge in [0.2, 0.25) is 11.8 Å². The number of carbonyl (C=O) groups excluding carboxylic acids is 3. The van der Waals surface area contributed by atoms with Gasteiger partial charge in [0.25, 0.3) is 5.91 Å². The molecule has 31 heavy (non-hydrogen) atoms. The third kappa shape index (κ3) is 5.53. The Bertz CT molecular complexity index is 957. The molecular formula is C23H28N4O4. The Balaban J connectivity index is 1.78. The van der Waals surface area contributed by atoms with Gasteiger partial charge in [-0.05, 0) is 37.3 Å². The summed E-state index contributed by atoms with van der Waals surface area (Å²) in [4.78, 5) is 39.9. The average Bonchev–Trinajstić information content (AvgIpc) is 2.71. The Labute approximate surface area is 182 Å². The first-order chi connectivity index (χ1) is 14.8. The molecule has 0 aromatic heterocycles. The molecule has 1 heterocycles. The Morgan fingerprint density at radius 3 is 2.26 bits per heavy atom. The Morgan fingerprint density at radius 1 is 1.06 bits per heavy atom. The number of hydrogen-bond acceptors (Lipinski definition) is 5. The van der Waals surface area contributed by atoms with Gasteiger partial charge in [-0.3, -0.25) is 14.4 Å². The number of ether oxygens (including phenoxy) is 1. The normalized spacial score (nSPS) is 14.8. The second kappa shape index (κ2) is 9.51. The van der Waals surface area contributed by atoms with E-state index in [9.17, 15) is 14.4 Å². The van der Waals surface area contributed by atoms with Crippen LogP contribution in [0.15, 0.2) is 42.5 Å². The average molecular weight is 425 g/mol. The van der Waals surface area contributed by atoms with Crippen LogP contribution in [0.2, 0.25) is 0 Å². The zero-order chi connectivity index (χ0) is 22.5. The second-order valence-corrected chi connectivity index (χ2v) is 7.59. The van der Waals surface area contributed by atoms with Crippen LogP contribution >= 0.6 is 0 Å². The van der Waals surface area contributed by atoms with E-state index < -0.39 is 0 Å². The van der Waals surface area contributed by atoms with Gasteiger partial charge in [0.15, 0.2) is 0 Å². The molecule has 1 aliphatic rings. The molecule has 8 nitrogen and oxygen atoms in total. The number of benzene rings is 2. The highest BCUT2D eigenvalue weighted by molar-refractivity contribution is 5.99. The standard InChI is InChI=1S/C23H28N4O4/c1-5-27-14-20(31-22-9-7-6-8-21(22)27)13-26(4)23(30)17-10-18(24-15(2)28)12-19(11-17)25-16(3)29/h6-12,20H,5,13-14H2,1-4H3,(H,24,28)(H,25,29)/t20-/m1/s1. The summed E-state index contributed by atoms with van der Waals surface area (Å²) in [6, 6.07) is 12.7. The molecule has 1 aliphatic heterocycles. The maximum Gasteiger partial charge on any atom is 0.253 e. The number of nitrogens with one attached hydrogen (secondary N) is 2. The summed E-state index contributed by atoms with van der Waals surface area (Å²) in [6.45, 7) is 6.77. The van der Waals surface area contributed by atoms with Crippen molar-refractivity contribution in [1.29, 1.82) is 0 Å². The van der Waals surface area contributed by atoms with Crippen LogP contribution in [-0.4, -0.2) is 55.4 Å². The molecule has 0 unspecified atom stereocenters. The lowest BCUT2D eigenvalue weighted by Crippen LogP contribution is -2.46. The smallest absolute Gasteiger partial charge is 0.253 e. The van der Waals surface area contributed by atoms with Gasteiger partial charge in [0, 0.05) is 44.4 Å². The third-order valence-corrected chi connectivity index (χ3v) is 4.95. The van der Waals surface area contributed by atoms with Gasteiger partial charge >= 0.3 is 0 Å². The first-order valence-electron chi connectivity index (χ1n) is 10.2. The molecule has 3 amide bonds. The van der Waals surface area contributed by atoms with Crippen molar-refractivity contribution in [3.05, 3.63) is 48.0 Å². The summed E-state index contributed by atoms with van der Waals surface area (Å²) < 4.78 is 6.12. The van der Waals surface area contributed by atoms with E-state index in [1.807, 2.05) is 24.3 Å². The number of hydrogen-bond donors (Lipinski definition) is 2. The van der Waals surface area contributed by atoms with Crippen LogP contribution in [0.5, 0.6) is 5.75 Å². The summed E-state index contributed by atoms with van der Waals surface area (Å²) in [5, 5.41) is 5.33. The zero-order valence-electron chi connectivity index (χ0n) is 18.3. The fourth-order valence-corrected chi connectivity index (χ4v) is 3.68. The lowest BCUT2D eigenvalue weighted by Gasteiger charge is -2.37. The highest BCUT2D eigenvalue weighted by atomic mass is 16.5. The van der Waals surface area contributed by atoms with Gasteiger partial charge in [-0.25, -0.2) is 0 Å². The van der Waals surface area contributed by atoms with Crippen molar-refractivity contribution in [3.8, 4) is 5.75 Å². The van der Waals surface area contributed by atoms with Gasteiger partial charge < -0.3 is 25.2 Å². The minimum Gasteiger partial charge on any atom is -0.485 e. The van der Waals surface area contributed by atoms with Crippen LogP contribution < -0.4 is 20.3 Å². The first kappa shape index (κ1) is 22.1. The van der Waals surface area contributed by atoms with Crippen LogP contribution in [0.4, 0.5) is 17.1 Å². The summed E-state index contributed by atoms with van der Waals surface area (Å²) >= 11 is 0. The molecule has 0 bridgehead atoms. The van der Waals surface area contributed by atoms with Crippen molar-refractivity contribution in [3.63, 3.8) is 0 Å². The maximum atomic E-state index is 13.1. The summed E-state index contributed by atoms with van der Waals surface area (Å²) in [6.07, 6.45) is -0.183. The van der Waals surface area contributed by atoms with Crippen molar-refractivity contribution in [2.75, 3.05) is 42.2 Å². The Hall–Kier alpha value is -3.55. The van der Waals surface area contributed by atoms with E-state index in [1.54, 1.807) is 30.1 Å². The number of amides is 3. The molecule has 0 fully saturated rings. The molecule has 0 spiro atoms. The largest absolute Gasteiger partial charge is 0.485 e. The fraction of sp³-hybridized carbons (Fsp3) is 0.348. The van der Waals surface area contributed by atoms with Gasteiger partial charge in [0.1, 0.15) is 11.9 Å². The van der Waals surface area contributed by atoms with E-state index in [1.165, 1.54) is 13.8 Å². The molecule has 0 saturated carbocycles. The van der Waals surface area contributed by atoms with Crippen molar-refractivity contribution >= 4 is 34.8 Å². The highest BCUT2D eigenvalue weighted by Crippen LogP contribution is 2.33. The number of carbonyl (C=O) groups is 3. The van der Waals surface area contributed by atoms with Crippen LogP contribution in [-0.2, 0) is 9.59 Å². The van der Waals surface area contributed by atoms with Gasteiger partial charge in [-0.1, -0.05) is 12.1 Å². The number of rotatable bonds is 6. The van der Waals surface area contributed by atoms with Crippen molar-refractivity contribution < 1.29 is 19.1 Å². The molecule has 2 aromatic rings. The zero-order valence-corrected chi connectivity index (χ0v) is 18.3. The molecule has 2 N–H and O–H groups in total. The maximum absolute atomic E-state index is 13.1. The van der Waals surface area contributed by atoms with E-state index >= 15 is 0 Å². The minimum atomic E-state index is -0.263. The summed E-state index contributed by atoms with van der Waals surface area (Å²) in [5.41, 5.74) is 2.30. The molecular weight excluding hydrogens is 396 g/mol. The molecule has 8 heteroatoms. The predicted octanol–water partition coefficient (Wildman–Crippen LogP) is 2.96. The van der Waals surface area contributed by atoms with Crippen molar-refractivity contribution in [2.45, 2.75) is 26.9 Å². The lowest BCUT2D eigenvalue weighted by molar-refractivity contribution is -0.115. The summed E-state index contributed by atoms with van der Waals surface area (Å²) in [5.74, 6) is 0.0488. The number of para-hydroxylation sites is 2. The topological polar surface area (TPSA) is 91.0 Å². The lowest BCUT2D eigenvalue weighted by atomic mass is 10.1. The fourth-order valence-electron chi connectivity index (χ4n) is 3.68. The predicted molar refractivity (Wildman–Crippen MR) is 121 cm³/mol. The Kier molecular flexibility index (Phi) is 6.79. The van der Waals surface area contributed by atoms with E-state index in [-0.39, 0.29) is 23.8 Å². The SMILES string of the molecule is CCN1C[C@@H](CN(C)C(=O)c2cc(NC(C)=O)cc(NC(C)=O)c2)Oc2ccccc21. The first-order valence-corrected chi connectivity index (χ1v) is 10.2. The second-order valence-electron chi connectivity index (χ2n) is 7.59. The van der Waals surface area contributed by atoms with Gasteiger partial charge in [0.05, 0.1) is 18.8 Å². The van der Waals surface area contributed by atoms with Crippen LogP contribution in [0.1, 0.15) is 31.1 Å². The third-order valence-electron chi connectivity index (χ3n) is 4.95. The highest BCUT2D eigenvalue weighted by Gasteiger charge is 2.27. The molecule has 0 radical (unpaired) electrons. The molecule has 2 aromatic carbocycles. The molecule has 3 rings (SSSR count). The summed E-state index contributed by atoms with van der Waals surface area (Å²) in [7, 11) is 1.71. The van der Waals surface area contributed by atoms with E-state index in [2.05, 4.69) is 22.5 Å². The molecule has 164 valence electrons. The molecule has 1 atom stereocenters. The quantitative estimate of drug-likeness (QED) is 0.744. The minimum absolute atomic E-state index is 0.183. The monoisotopic (exact) mass is 424 g/mol. The van der Waals surface area contributed by atoms with E-state index in [0.717, 1.165) is 18.0 Å². The van der Waals surface area contributed by atoms with Crippen LogP contribution in [0.3, 0.4) is 0 Å². The molecule has 0 saturated heterocycles. The van der Waals surface area contributed by atoms with Crippen molar-refractivity contribution in [2.24, 2.45) is 0 Å². The van der Waals surface area contributed by atoms with E-state index in [0.29, 0.717) is 30.0 Å².